The van der Waals surface area contributed by atoms with Gasteiger partial charge in [-0.3, -0.25) is 0 Å². The molecule has 0 saturated heterocycles. The van der Waals surface area contributed by atoms with Gasteiger partial charge in [0.05, 0.1) is 7.11 Å². The van der Waals surface area contributed by atoms with Crippen molar-refractivity contribution in [3.8, 4) is 0 Å². The summed E-state index contributed by atoms with van der Waals surface area (Å²) in [5, 5.41) is 0. The van der Waals surface area contributed by atoms with Crippen molar-refractivity contribution in [1.29, 1.82) is 0 Å². The van der Waals surface area contributed by atoms with E-state index in [2.05, 4.69) is 4.74 Å². The van der Waals surface area contributed by atoms with Gasteiger partial charge in [-0.15, -0.1) is 0 Å². The number of carbonyl (C=O) groups is 1. The van der Waals surface area contributed by atoms with Crippen LogP contribution in [0.1, 0.15) is 18.9 Å². The highest BCUT2D eigenvalue weighted by Crippen LogP contribution is 2.07. The van der Waals surface area contributed by atoms with Crippen LogP contribution in [-0.2, 0) is 16.0 Å². The second-order valence-corrected chi connectivity index (χ2v) is 3.26. The Morgan fingerprint density at radius 1 is 1.33 bits per heavy atom. The second kappa shape index (κ2) is 6.02. The average Bonchev–Trinajstić information content (AvgIpc) is 2.31. The van der Waals surface area contributed by atoms with E-state index in [0.717, 1.165) is 12.0 Å². The van der Waals surface area contributed by atoms with Gasteiger partial charge in [0.25, 0.3) is 0 Å². The fraction of sp³-hybridized carbons (Fsp3) is 0.308. The first-order valence-electron chi connectivity index (χ1n) is 5.09. The summed E-state index contributed by atoms with van der Waals surface area (Å²) in [6.45, 7) is 1.95. The van der Waals surface area contributed by atoms with Crippen molar-refractivity contribution >= 4 is 5.97 Å². The first-order valence-corrected chi connectivity index (χ1v) is 5.09. The summed E-state index contributed by atoms with van der Waals surface area (Å²) in [5.74, 6) is -0.228. The number of methoxy groups -OCH3 is 1. The van der Waals surface area contributed by atoms with Gasteiger partial charge in [-0.05, 0) is 18.4 Å². The molecule has 0 amide bonds. The number of hydrogen-bond donors (Lipinski definition) is 0. The third-order valence-electron chi connectivity index (χ3n) is 2.26. The lowest BCUT2D eigenvalue weighted by Gasteiger charge is -2.02. The molecule has 0 heterocycles. The van der Waals surface area contributed by atoms with Crippen molar-refractivity contribution in [1.82, 2.24) is 0 Å². The molecular weight excluding hydrogens is 188 g/mol. The highest BCUT2D eigenvalue weighted by Gasteiger charge is 2.05. The summed E-state index contributed by atoms with van der Waals surface area (Å²) < 4.78 is 4.68. The van der Waals surface area contributed by atoms with Gasteiger partial charge in [-0.25, -0.2) is 4.79 Å². The van der Waals surface area contributed by atoms with Gasteiger partial charge in [0.15, 0.2) is 0 Å². The van der Waals surface area contributed by atoms with Crippen LogP contribution in [-0.4, -0.2) is 13.1 Å². The van der Waals surface area contributed by atoms with Crippen LogP contribution in [0.2, 0.25) is 0 Å². The van der Waals surface area contributed by atoms with Crippen LogP contribution in [0, 0.1) is 0 Å². The summed E-state index contributed by atoms with van der Waals surface area (Å²) in [7, 11) is 1.41. The maximum Gasteiger partial charge on any atom is 0.333 e. The monoisotopic (exact) mass is 204 g/mol. The molecule has 0 saturated carbocycles. The fourth-order valence-electron chi connectivity index (χ4n) is 1.36. The molecule has 1 rings (SSSR count). The van der Waals surface area contributed by atoms with Gasteiger partial charge in [0, 0.05) is 5.57 Å². The summed E-state index contributed by atoms with van der Waals surface area (Å²) >= 11 is 0. The lowest BCUT2D eigenvalue weighted by molar-refractivity contribution is -0.136. The van der Waals surface area contributed by atoms with Gasteiger partial charge in [-0.2, -0.15) is 0 Å². The Morgan fingerprint density at radius 3 is 2.53 bits per heavy atom. The third kappa shape index (κ3) is 3.58. The summed E-state index contributed by atoms with van der Waals surface area (Å²) in [5.41, 5.74) is 1.94. The summed E-state index contributed by atoms with van der Waals surface area (Å²) in [6.07, 6.45) is 3.42. The van der Waals surface area contributed by atoms with E-state index in [1.165, 1.54) is 12.7 Å². The molecule has 15 heavy (non-hydrogen) atoms. The molecule has 0 aliphatic heterocycles. The lowest BCUT2D eigenvalue weighted by atomic mass is 10.1. The minimum atomic E-state index is -0.228. The molecule has 1 aromatic rings. The number of rotatable bonds is 4. The van der Waals surface area contributed by atoms with Crippen LogP contribution in [0.25, 0.3) is 0 Å². The van der Waals surface area contributed by atoms with Crippen LogP contribution in [0.5, 0.6) is 0 Å². The van der Waals surface area contributed by atoms with E-state index in [4.69, 9.17) is 0 Å². The maximum atomic E-state index is 11.3. The first-order chi connectivity index (χ1) is 7.27. The normalized spacial score (nSPS) is 11.2. The molecule has 0 aliphatic rings. The van der Waals surface area contributed by atoms with Crippen molar-refractivity contribution in [3.05, 3.63) is 47.5 Å². The molecule has 0 fully saturated rings. The number of benzene rings is 1. The highest BCUT2D eigenvalue weighted by molar-refractivity contribution is 5.88. The maximum absolute atomic E-state index is 11.3. The molecule has 2 nitrogen and oxygen atoms in total. The van der Waals surface area contributed by atoms with Crippen LogP contribution in [0.4, 0.5) is 0 Å². The van der Waals surface area contributed by atoms with Gasteiger partial charge in [0.1, 0.15) is 0 Å². The molecule has 0 radical (unpaired) electrons. The minimum absolute atomic E-state index is 0.228. The minimum Gasteiger partial charge on any atom is -0.466 e. The molecule has 0 N–H and O–H groups in total. The smallest absolute Gasteiger partial charge is 0.333 e. The van der Waals surface area contributed by atoms with Crippen molar-refractivity contribution in [2.75, 3.05) is 7.11 Å². The molecule has 1 aromatic carbocycles. The number of ether oxygens (including phenoxy) is 1. The Bertz CT molecular complexity index is 339. The van der Waals surface area contributed by atoms with Gasteiger partial charge in [0.2, 0.25) is 0 Å². The molecule has 2 heteroatoms. The molecule has 0 aromatic heterocycles. The fourth-order valence-corrected chi connectivity index (χ4v) is 1.36. The largest absolute Gasteiger partial charge is 0.466 e. The van der Waals surface area contributed by atoms with Crippen LogP contribution >= 0.6 is 0 Å². The van der Waals surface area contributed by atoms with Gasteiger partial charge >= 0.3 is 5.97 Å². The van der Waals surface area contributed by atoms with E-state index < -0.39 is 0 Å². The SMILES string of the molecule is CCC(=CCc1ccccc1)C(=O)OC. The van der Waals surface area contributed by atoms with E-state index in [0.29, 0.717) is 6.42 Å². The van der Waals surface area contributed by atoms with E-state index in [-0.39, 0.29) is 5.97 Å². The number of hydrogen-bond acceptors (Lipinski definition) is 2. The standard InChI is InChI=1S/C13H16O2/c1-3-12(13(14)15-2)10-9-11-7-5-4-6-8-11/h4-8,10H,3,9H2,1-2H3. The van der Waals surface area contributed by atoms with E-state index in [1.54, 1.807) is 0 Å². The molecule has 0 aliphatic carbocycles. The topological polar surface area (TPSA) is 26.3 Å². The predicted molar refractivity (Wildman–Crippen MR) is 60.5 cm³/mol. The molecule has 0 spiro atoms. The van der Waals surface area contributed by atoms with Crippen molar-refractivity contribution in [2.24, 2.45) is 0 Å². The van der Waals surface area contributed by atoms with E-state index in [9.17, 15) is 4.79 Å². The van der Waals surface area contributed by atoms with Crippen LogP contribution < -0.4 is 0 Å². The van der Waals surface area contributed by atoms with Crippen molar-refractivity contribution in [2.45, 2.75) is 19.8 Å². The number of allylic oxidation sites excluding steroid dienone is 1. The Morgan fingerprint density at radius 2 is 2.00 bits per heavy atom. The van der Waals surface area contributed by atoms with Crippen molar-refractivity contribution < 1.29 is 9.53 Å². The zero-order chi connectivity index (χ0) is 11.1. The quantitative estimate of drug-likeness (QED) is 0.557. The Labute approximate surface area is 90.6 Å². The highest BCUT2D eigenvalue weighted by atomic mass is 16.5. The van der Waals surface area contributed by atoms with Crippen LogP contribution in [0.3, 0.4) is 0 Å². The van der Waals surface area contributed by atoms with Gasteiger partial charge in [-0.1, -0.05) is 43.3 Å². The molecule has 0 atom stereocenters. The lowest BCUT2D eigenvalue weighted by Crippen LogP contribution is -2.04. The number of carbonyl (C=O) groups excluding carboxylic acids is 1. The zero-order valence-corrected chi connectivity index (χ0v) is 9.19. The van der Waals surface area contributed by atoms with E-state index in [1.807, 2.05) is 43.3 Å². The third-order valence-corrected chi connectivity index (χ3v) is 2.26. The molecule has 0 bridgehead atoms. The van der Waals surface area contributed by atoms with Crippen molar-refractivity contribution in [3.63, 3.8) is 0 Å². The summed E-state index contributed by atoms with van der Waals surface area (Å²) in [4.78, 5) is 11.3. The zero-order valence-electron chi connectivity index (χ0n) is 9.19. The number of esters is 1. The predicted octanol–water partition coefficient (Wildman–Crippen LogP) is 2.74. The van der Waals surface area contributed by atoms with Gasteiger partial charge < -0.3 is 4.74 Å². The Balaban J connectivity index is 2.67. The average molecular weight is 204 g/mol. The Hall–Kier alpha value is -1.57. The van der Waals surface area contributed by atoms with E-state index >= 15 is 0 Å². The molecule has 80 valence electrons. The Kier molecular flexibility index (Phi) is 4.61. The summed E-state index contributed by atoms with van der Waals surface area (Å²) in [6, 6.07) is 10.1. The molecule has 0 unspecified atom stereocenters. The molecular formula is C13H16O2. The van der Waals surface area contributed by atoms with Crippen LogP contribution in [0.15, 0.2) is 42.0 Å². The first kappa shape index (κ1) is 11.5. The second-order valence-electron chi connectivity index (χ2n) is 3.26.